The van der Waals surface area contributed by atoms with Crippen molar-refractivity contribution in [3.05, 3.63) is 11.5 Å². The summed E-state index contributed by atoms with van der Waals surface area (Å²) in [4.78, 5) is 16.2. The summed E-state index contributed by atoms with van der Waals surface area (Å²) in [6.07, 6.45) is 7.23. The van der Waals surface area contributed by atoms with E-state index in [1.165, 1.54) is 25.7 Å². The molecule has 0 amide bonds. The molecular formula is C15H25N3O2. The van der Waals surface area contributed by atoms with Gasteiger partial charge in [0, 0.05) is 13.0 Å². The lowest BCUT2D eigenvalue weighted by Gasteiger charge is -2.12. The maximum atomic E-state index is 11.8. The quantitative estimate of drug-likeness (QED) is 0.813. The second-order valence-electron chi connectivity index (χ2n) is 5.43. The molecule has 2 N–H and O–H groups in total. The topological polar surface area (TPSA) is 70.1 Å². The zero-order chi connectivity index (χ0) is 14.5. The summed E-state index contributed by atoms with van der Waals surface area (Å²) in [5.41, 5.74) is 6.37. The number of rotatable bonds is 6. The van der Waals surface area contributed by atoms with Crippen LogP contribution in [-0.2, 0) is 17.7 Å². The largest absolute Gasteiger partial charge is 0.461 e. The Balaban J connectivity index is 2.11. The van der Waals surface area contributed by atoms with E-state index in [2.05, 4.69) is 4.98 Å². The number of esters is 1. The maximum Gasteiger partial charge on any atom is 0.360 e. The van der Waals surface area contributed by atoms with Crippen molar-refractivity contribution in [1.29, 1.82) is 0 Å². The maximum absolute atomic E-state index is 11.8. The number of carbonyl (C=O) groups excluding carboxylic acids is 1. The van der Waals surface area contributed by atoms with Crippen molar-refractivity contribution in [1.82, 2.24) is 9.55 Å². The number of imidazole rings is 1. The lowest BCUT2D eigenvalue weighted by Crippen LogP contribution is -2.12. The van der Waals surface area contributed by atoms with E-state index in [9.17, 15) is 4.79 Å². The van der Waals surface area contributed by atoms with Gasteiger partial charge in [-0.05, 0) is 19.3 Å². The SMILES string of the molecule is CCOC(=O)c1nc(CC)n(CCC2CCCC2)c1N. The molecule has 0 radical (unpaired) electrons. The van der Waals surface area contributed by atoms with Gasteiger partial charge in [-0.25, -0.2) is 9.78 Å². The smallest absolute Gasteiger partial charge is 0.360 e. The van der Waals surface area contributed by atoms with Gasteiger partial charge in [-0.3, -0.25) is 0 Å². The number of nitrogens with two attached hydrogens (primary N) is 1. The molecule has 0 spiro atoms. The molecule has 1 heterocycles. The van der Waals surface area contributed by atoms with Crippen LogP contribution in [0.1, 0.15) is 62.3 Å². The monoisotopic (exact) mass is 279 g/mol. The van der Waals surface area contributed by atoms with Crippen molar-refractivity contribution in [3.8, 4) is 0 Å². The third kappa shape index (κ3) is 3.14. The molecule has 0 saturated heterocycles. The molecule has 0 unspecified atom stereocenters. The Labute approximate surface area is 120 Å². The molecule has 2 rings (SSSR count). The Hall–Kier alpha value is -1.52. The Morgan fingerprint density at radius 3 is 2.70 bits per heavy atom. The fourth-order valence-electron chi connectivity index (χ4n) is 2.99. The summed E-state index contributed by atoms with van der Waals surface area (Å²) in [5, 5.41) is 0. The van der Waals surface area contributed by atoms with Crippen LogP contribution in [-0.4, -0.2) is 22.1 Å². The van der Waals surface area contributed by atoms with Crippen LogP contribution in [0.25, 0.3) is 0 Å². The molecule has 5 heteroatoms. The minimum Gasteiger partial charge on any atom is -0.461 e. The number of anilines is 1. The number of nitrogens with zero attached hydrogens (tertiary/aromatic N) is 2. The summed E-state index contributed by atoms with van der Waals surface area (Å²) in [5.74, 6) is 1.72. The number of nitrogen functional groups attached to an aromatic ring is 1. The molecule has 0 aromatic carbocycles. The van der Waals surface area contributed by atoms with E-state index in [0.29, 0.717) is 12.4 Å². The number of aryl methyl sites for hydroxylation is 1. The summed E-state index contributed by atoms with van der Waals surface area (Å²) >= 11 is 0. The van der Waals surface area contributed by atoms with Crippen LogP contribution in [0.4, 0.5) is 5.82 Å². The number of aromatic nitrogens is 2. The molecule has 0 aliphatic heterocycles. The van der Waals surface area contributed by atoms with Gasteiger partial charge in [0.25, 0.3) is 0 Å². The number of hydrogen-bond donors (Lipinski definition) is 1. The second kappa shape index (κ2) is 6.77. The van der Waals surface area contributed by atoms with Crippen LogP contribution >= 0.6 is 0 Å². The van der Waals surface area contributed by atoms with E-state index in [1.807, 2.05) is 11.5 Å². The summed E-state index contributed by atoms with van der Waals surface area (Å²) in [7, 11) is 0. The van der Waals surface area contributed by atoms with Crippen LogP contribution in [0.2, 0.25) is 0 Å². The van der Waals surface area contributed by atoms with E-state index < -0.39 is 5.97 Å². The molecule has 112 valence electrons. The van der Waals surface area contributed by atoms with Gasteiger partial charge in [0.15, 0.2) is 5.69 Å². The van der Waals surface area contributed by atoms with Crippen molar-refractivity contribution >= 4 is 11.8 Å². The van der Waals surface area contributed by atoms with Crippen molar-refractivity contribution in [2.24, 2.45) is 5.92 Å². The first-order chi connectivity index (χ1) is 9.67. The van der Waals surface area contributed by atoms with Crippen molar-refractivity contribution in [2.75, 3.05) is 12.3 Å². The van der Waals surface area contributed by atoms with Gasteiger partial charge in [-0.1, -0.05) is 32.6 Å². The first-order valence-corrected chi connectivity index (χ1v) is 7.69. The predicted octanol–water partition coefficient (Wildman–Crippen LogP) is 2.78. The molecule has 0 bridgehead atoms. The van der Waals surface area contributed by atoms with Crippen molar-refractivity contribution in [2.45, 2.75) is 58.9 Å². The van der Waals surface area contributed by atoms with Crippen LogP contribution in [0.5, 0.6) is 0 Å². The fraction of sp³-hybridized carbons (Fsp3) is 0.733. The standard InChI is InChI=1S/C15H25N3O2/c1-3-12-17-13(15(19)20-4-2)14(16)18(12)10-9-11-7-5-6-8-11/h11H,3-10,16H2,1-2H3. The van der Waals surface area contributed by atoms with Crippen LogP contribution in [0, 0.1) is 5.92 Å². The van der Waals surface area contributed by atoms with Crippen LogP contribution in [0.15, 0.2) is 0 Å². The highest BCUT2D eigenvalue weighted by atomic mass is 16.5. The molecule has 1 saturated carbocycles. The predicted molar refractivity (Wildman–Crippen MR) is 78.5 cm³/mol. The van der Waals surface area contributed by atoms with Crippen LogP contribution in [0.3, 0.4) is 0 Å². The normalized spacial score (nSPS) is 15.7. The lowest BCUT2D eigenvalue weighted by molar-refractivity contribution is 0.0521. The highest BCUT2D eigenvalue weighted by Crippen LogP contribution is 2.29. The first-order valence-electron chi connectivity index (χ1n) is 7.69. The number of hydrogen-bond acceptors (Lipinski definition) is 4. The average molecular weight is 279 g/mol. The van der Waals surface area contributed by atoms with Gasteiger partial charge in [0.05, 0.1) is 6.61 Å². The molecule has 1 fully saturated rings. The number of ether oxygens (including phenoxy) is 1. The lowest BCUT2D eigenvalue weighted by atomic mass is 10.0. The third-order valence-corrected chi connectivity index (χ3v) is 4.11. The summed E-state index contributed by atoms with van der Waals surface area (Å²) in [6, 6.07) is 0. The van der Waals surface area contributed by atoms with Gasteiger partial charge in [-0.15, -0.1) is 0 Å². The molecule has 1 aromatic rings. The minimum absolute atomic E-state index is 0.273. The molecule has 1 aliphatic carbocycles. The Morgan fingerprint density at radius 1 is 1.40 bits per heavy atom. The summed E-state index contributed by atoms with van der Waals surface area (Å²) in [6.45, 7) is 5.01. The zero-order valence-electron chi connectivity index (χ0n) is 12.5. The highest BCUT2D eigenvalue weighted by molar-refractivity contribution is 5.92. The second-order valence-corrected chi connectivity index (χ2v) is 5.43. The third-order valence-electron chi connectivity index (χ3n) is 4.11. The van der Waals surface area contributed by atoms with E-state index in [1.54, 1.807) is 6.92 Å². The Morgan fingerprint density at radius 2 is 2.10 bits per heavy atom. The Kier molecular flexibility index (Phi) is 5.04. The molecular weight excluding hydrogens is 254 g/mol. The van der Waals surface area contributed by atoms with E-state index >= 15 is 0 Å². The molecule has 1 aliphatic rings. The molecule has 20 heavy (non-hydrogen) atoms. The van der Waals surface area contributed by atoms with Gasteiger partial charge in [0.2, 0.25) is 0 Å². The summed E-state index contributed by atoms with van der Waals surface area (Å²) < 4.78 is 7.00. The van der Waals surface area contributed by atoms with Crippen molar-refractivity contribution in [3.63, 3.8) is 0 Å². The fourth-order valence-corrected chi connectivity index (χ4v) is 2.99. The van der Waals surface area contributed by atoms with Crippen molar-refractivity contribution < 1.29 is 9.53 Å². The molecule has 1 aromatic heterocycles. The Bertz CT molecular complexity index is 462. The molecule has 0 atom stereocenters. The van der Waals surface area contributed by atoms with Gasteiger partial charge in [-0.2, -0.15) is 0 Å². The van der Waals surface area contributed by atoms with Gasteiger partial charge >= 0.3 is 5.97 Å². The average Bonchev–Trinajstić information content (AvgIpc) is 3.04. The van der Waals surface area contributed by atoms with E-state index in [-0.39, 0.29) is 5.69 Å². The van der Waals surface area contributed by atoms with Crippen LogP contribution < -0.4 is 5.73 Å². The highest BCUT2D eigenvalue weighted by Gasteiger charge is 2.22. The zero-order valence-corrected chi connectivity index (χ0v) is 12.5. The van der Waals surface area contributed by atoms with E-state index in [4.69, 9.17) is 10.5 Å². The molecule has 5 nitrogen and oxygen atoms in total. The van der Waals surface area contributed by atoms with E-state index in [0.717, 1.165) is 31.1 Å². The minimum atomic E-state index is -0.417. The van der Waals surface area contributed by atoms with Gasteiger partial charge in [0.1, 0.15) is 11.6 Å². The number of carbonyl (C=O) groups is 1. The first kappa shape index (κ1) is 14.9. The van der Waals surface area contributed by atoms with Gasteiger partial charge < -0.3 is 15.0 Å².